The van der Waals surface area contributed by atoms with E-state index in [1.165, 1.54) is 38.2 Å². The molecule has 1 aromatic carbocycles. The van der Waals surface area contributed by atoms with Crippen LogP contribution >= 0.6 is 0 Å². The van der Waals surface area contributed by atoms with Gasteiger partial charge in [0.1, 0.15) is 4.90 Å². The number of benzene rings is 1. The molecular weight excluding hydrogens is 286 g/mol. The first kappa shape index (κ1) is 16.1. The van der Waals surface area contributed by atoms with Crippen molar-refractivity contribution < 1.29 is 8.42 Å². The summed E-state index contributed by atoms with van der Waals surface area (Å²) >= 11 is 0. The molecule has 0 heterocycles. The first-order valence-corrected chi connectivity index (χ1v) is 9.16. The minimum Gasteiger partial charge on any atom is -0.396 e. The Bertz CT molecular complexity index is 581. The van der Waals surface area contributed by atoms with Crippen molar-refractivity contribution in [2.75, 3.05) is 11.1 Å². The quantitative estimate of drug-likeness (QED) is 0.728. The van der Waals surface area contributed by atoms with Crippen molar-refractivity contribution in [3.05, 3.63) is 18.2 Å². The fraction of sp³-hybridized carbons (Fsp3) is 0.600. The molecular formula is C15H25N3O2S. The SMILES string of the molecule is CCC(Nc1cccc(S(N)(=O)=O)c1N)C1CCCCC1. The van der Waals surface area contributed by atoms with E-state index in [9.17, 15) is 8.42 Å². The maximum absolute atomic E-state index is 11.5. The van der Waals surface area contributed by atoms with Gasteiger partial charge in [0, 0.05) is 6.04 Å². The largest absolute Gasteiger partial charge is 0.396 e. The van der Waals surface area contributed by atoms with Gasteiger partial charge >= 0.3 is 0 Å². The molecule has 21 heavy (non-hydrogen) atoms. The van der Waals surface area contributed by atoms with Crippen LogP contribution in [0.15, 0.2) is 23.1 Å². The molecule has 1 fully saturated rings. The number of hydrogen-bond acceptors (Lipinski definition) is 4. The summed E-state index contributed by atoms with van der Waals surface area (Å²) in [7, 11) is -3.79. The highest BCUT2D eigenvalue weighted by atomic mass is 32.2. The molecule has 118 valence electrons. The van der Waals surface area contributed by atoms with E-state index in [0.29, 0.717) is 17.6 Å². The second-order valence-electron chi connectivity index (χ2n) is 5.82. The van der Waals surface area contributed by atoms with Gasteiger partial charge in [0.15, 0.2) is 0 Å². The molecule has 1 aliphatic rings. The van der Waals surface area contributed by atoms with Gasteiger partial charge < -0.3 is 11.1 Å². The summed E-state index contributed by atoms with van der Waals surface area (Å²) in [6, 6.07) is 5.25. The maximum atomic E-state index is 11.5. The van der Waals surface area contributed by atoms with Crippen LogP contribution < -0.4 is 16.2 Å². The lowest BCUT2D eigenvalue weighted by molar-refractivity contribution is 0.313. The lowest BCUT2D eigenvalue weighted by atomic mass is 9.83. The van der Waals surface area contributed by atoms with Crippen LogP contribution in [-0.4, -0.2) is 14.5 Å². The Labute approximate surface area is 127 Å². The predicted molar refractivity (Wildman–Crippen MR) is 86.5 cm³/mol. The Hall–Kier alpha value is -1.27. The number of rotatable bonds is 5. The number of para-hydroxylation sites is 1. The average Bonchev–Trinajstić information content (AvgIpc) is 2.46. The van der Waals surface area contributed by atoms with E-state index in [0.717, 1.165) is 6.42 Å². The van der Waals surface area contributed by atoms with Gasteiger partial charge in [0.25, 0.3) is 0 Å². The van der Waals surface area contributed by atoms with Crippen molar-refractivity contribution in [1.29, 1.82) is 0 Å². The van der Waals surface area contributed by atoms with E-state index in [-0.39, 0.29) is 10.6 Å². The smallest absolute Gasteiger partial charge is 0.240 e. The Morgan fingerprint density at radius 3 is 2.52 bits per heavy atom. The van der Waals surface area contributed by atoms with Gasteiger partial charge in [-0.05, 0) is 37.3 Å². The van der Waals surface area contributed by atoms with Crippen LogP contribution in [0.2, 0.25) is 0 Å². The van der Waals surface area contributed by atoms with Crippen LogP contribution in [0.1, 0.15) is 45.4 Å². The molecule has 0 aromatic heterocycles. The molecule has 0 saturated heterocycles. The topological polar surface area (TPSA) is 98.2 Å². The molecule has 0 bridgehead atoms. The van der Waals surface area contributed by atoms with Gasteiger partial charge in [-0.1, -0.05) is 32.3 Å². The molecule has 0 amide bonds. The summed E-state index contributed by atoms with van der Waals surface area (Å²) in [5, 5.41) is 8.63. The monoisotopic (exact) mass is 311 g/mol. The first-order valence-electron chi connectivity index (χ1n) is 7.61. The maximum Gasteiger partial charge on any atom is 0.240 e. The summed E-state index contributed by atoms with van der Waals surface area (Å²) in [6.45, 7) is 2.14. The average molecular weight is 311 g/mol. The van der Waals surface area contributed by atoms with Crippen LogP contribution in [-0.2, 0) is 10.0 Å². The minimum atomic E-state index is -3.79. The number of nitrogen functional groups attached to an aromatic ring is 1. The number of hydrogen-bond donors (Lipinski definition) is 3. The number of nitrogens with one attached hydrogen (secondary N) is 1. The zero-order valence-electron chi connectivity index (χ0n) is 12.5. The van der Waals surface area contributed by atoms with Gasteiger partial charge in [-0.3, -0.25) is 0 Å². The third-order valence-electron chi connectivity index (χ3n) is 4.37. The molecule has 2 rings (SSSR count). The number of anilines is 2. The lowest BCUT2D eigenvalue weighted by Crippen LogP contribution is -2.30. The Morgan fingerprint density at radius 2 is 1.95 bits per heavy atom. The standard InChI is InChI=1S/C15H25N3O2S/c1-2-12(11-7-4-3-5-8-11)18-13-9-6-10-14(15(13)16)21(17,19)20/h6,9-12,18H,2-5,7-8,16H2,1H3,(H2,17,19,20). The highest BCUT2D eigenvalue weighted by Gasteiger charge is 2.23. The number of primary sulfonamides is 1. The summed E-state index contributed by atoms with van der Waals surface area (Å²) in [4.78, 5) is -0.00834. The fourth-order valence-corrected chi connectivity index (χ4v) is 3.89. The van der Waals surface area contributed by atoms with Crippen molar-refractivity contribution in [3.63, 3.8) is 0 Å². The molecule has 0 spiro atoms. The fourth-order valence-electron chi connectivity index (χ4n) is 3.21. The van der Waals surface area contributed by atoms with Gasteiger partial charge in [-0.15, -0.1) is 0 Å². The Morgan fingerprint density at radius 1 is 1.29 bits per heavy atom. The molecule has 1 atom stereocenters. The molecule has 1 unspecified atom stereocenters. The highest BCUT2D eigenvalue weighted by Crippen LogP contribution is 2.32. The highest BCUT2D eigenvalue weighted by molar-refractivity contribution is 7.89. The number of sulfonamides is 1. The Kier molecular flexibility index (Phi) is 5.11. The predicted octanol–water partition coefficient (Wildman–Crippen LogP) is 2.69. The summed E-state index contributed by atoms with van der Waals surface area (Å²) in [5.74, 6) is 0.626. The van der Waals surface area contributed by atoms with Crippen molar-refractivity contribution in [2.24, 2.45) is 11.1 Å². The minimum absolute atomic E-state index is 0.00834. The Balaban J connectivity index is 2.21. The lowest BCUT2D eigenvalue weighted by Gasteiger charge is -2.31. The van der Waals surface area contributed by atoms with Gasteiger partial charge in [-0.25, -0.2) is 13.6 Å². The van der Waals surface area contributed by atoms with E-state index in [4.69, 9.17) is 10.9 Å². The second kappa shape index (κ2) is 6.66. The van der Waals surface area contributed by atoms with E-state index >= 15 is 0 Å². The van der Waals surface area contributed by atoms with Crippen LogP contribution in [0.25, 0.3) is 0 Å². The van der Waals surface area contributed by atoms with E-state index < -0.39 is 10.0 Å². The molecule has 1 saturated carbocycles. The van der Waals surface area contributed by atoms with Crippen molar-refractivity contribution in [2.45, 2.75) is 56.4 Å². The second-order valence-corrected chi connectivity index (χ2v) is 7.35. The van der Waals surface area contributed by atoms with Gasteiger partial charge in [-0.2, -0.15) is 0 Å². The third-order valence-corrected chi connectivity index (χ3v) is 5.34. The van der Waals surface area contributed by atoms with Crippen LogP contribution in [0.3, 0.4) is 0 Å². The summed E-state index contributed by atoms with van der Waals surface area (Å²) < 4.78 is 23.1. The zero-order valence-corrected chi connectivity index (χ0v) is 13.3. The molecule has 6 heteroatoms. The number of nitrogens with two attached hydrogens (primary N) is 2. The van der Waals surface area contributed by atoms with E-state index in [2.05, 4.69) is 12.2 Å². The summed E-state index contributed by atoms with van der Waals surface area (Å²) in [5.41, 5.74) is 6.86. The van der Waals surface area contributed by atoms with Crippen molar-refractivity contribution in [3.8, 4) is 0 Å². The van der Waals surface area contributed by atoms with Crippen LogP contribution in [0.5, 0.6) is 0 Å². The van der Waals surface area contributed by atoms with Crippen molar-refractivity contribution >= 4 is 21.4 Å². The molecule has 1 aromatic rings. The van der Waals surface area contributed by atoms with Crippen molar-refractivity contribution in [1.82, 2.24) is 0 Å². The van der Waals surface area contributed by atoms with Gasteiger partial charge in [0.2, 0.25) is 10.0 Å². The zero-order chi connectivity index (χ0) is 15.5. The van der Waals surface area contributed by atoms with Gasteiger partial charge in [0.05, 0.1) is 11.4 Å². The molecule has 0 radical (unpaired) electrons. The van der Waals surface area contributed by atoms with Crippen LogP contribution in [0, 0.1) is 5.92 Å². The normalized spacial score (nSPS) is 18.4. The summed E-state index contributed by atoms with van der Waals surface area (Å²) in [6.07, 6.45) is 7.30. The van der Waals surface area contributed by atoms with E-state index in [1.54, 1.807) is 6.07 Å². The molecule has 5 N–H and O–H groups in total. The van der Waals surface area contributed by atoms with Crippen LogP contribution in [0.4, 0.5) is 11.4 Å². The first-order chi connectivity index (χ1) is 9.93. The molecule has 5 nitrogen and oxygen atoms in total. The molecule has 0 aliphatic heterocycles. The van der Waals surface area contributed by atoms with E-state index in [1.807, 2.05) is 6.07 Å². The third kappa shape index (κ3) is 3.89. The molecule has 1 aliphatic carbocycles.